The zero-order valence-electron chi connectivity index (χ0n) is 11.2. The average Bonchev–Trinajstić information content (AvgIpc) is 2.90. The van der Waals surface area contributed by atoms with Crippen molar-refractivity contribution in [3.8, 4) is 0 Å². The Hall–Kier alpha value is -1.39. The normalized spacial score (nSPS) is 12.1. The first kappa shape index (κ1) is 14.0. The van der Waals surface area contributed by atoms with Crippen molar-refractivity contribution < 1.29 is 0 Å². The van der Waals surface area contributed by atoms with Gasteiger partial charge in [0, 0.05) is 35.6 Å². The van der Waals surface area contributed by atoms with Gasteiger partial charge in [0.15, 0.2) is 0 Å². The summed E-state index contributed by atoms with van der Waals surface area (Å²) in [6, 6.07) is 12.8. The third-order valence-corrected chi connectivity index (χ3v) is 4.43. The molecule has 0 radical (unpaired) electrons. The van der Waals surface area contributed by atoms with Crippen molar-refractivity contribution >= 4 is 34.2 Å². The summed E-state index contributed by atoms with van der Waals surface area (Å²) in [5.74, 6) is 0. The van der Waals surface area contributed by atoms with Gasteiger partial charge in [-0.3, -0.25) is 0 Å². The first-order chi connectivity index (χ1) is 9.08. The van der Waals surface area contributed by atoms with Gasteiger partial charge in [-0.1, -0.05) is 18.3 Å². The maximum atomic E-state index is 5.61. The minimum atomic E-state index is 0.445. The van der Waals surface area contributed by atoms with Crippen molar-refractivity contribution in [2.75, 3.05) is 11.9 Å². The number of anilines is 1. The standard InChI is InChI=1S/C15H18N2S2/c1-11(10-14-4-3-9-19-14)17(2)13-7-5-12(6-8-13)15(16)18/h3-9,11H,10H2,1-2H3,(H2,16,18). The van der Waals surface area contributed by atoms with Gasteiger partial charge in [0.05, 0.1) is 0 Å². The van der Waals surface area contributed by atoms with Crippen LogP contribution in [0.5, 0.6) is 0 Å². The third kappa shape index (κ3) is 3.55. The van der Waals surface area contributed by atoms with E-state index in [-0.39, 0.29) is 0 Å². The Morgan fingerprint density at radius 1 is 1.32 bits per heavy atom. The van der Waals surface area contributed by atoms with Crippen molar-refractivity contribution in [2.24, 2.45) is 5.73 Å². The van der Waals surface area contributed by atoms with Gasteiger partial charge < -0.3 is 10.6 Å². The van der Waals surface area contributed by atoms with Crippen LogP contribution in [0.2, 0.25) is 0 Å². The predicted molar refractivity (Wildman–Crippen MR) is 88.2 cm³/mol. The molecule has 0 amide bonds. The van der Waals surface area contributed by atoms with Crippen LogP contribution in [0.3, 0.4) is 0 Å². The van der Waals surface area contributed by atoms with Crippen molar-refractivity contribution in [1.82, 2.24) is 0 Å². The van der Waals surface area contributed by atoms with Gasteiger partial charge in [-0.25, -0.2) is 0 Å². The number of nitrogens with two attached hydrogens (primary N) is 1. The molecule has 2 aromatic rings. The molecule has 0 bridgehead atoms. The fourth-order valence-corrected chi connectivity index (χ4v) is 2.93. The molecule has 0 spiro atoms. The average molecular weight is 290 g/mol. The molecule has 1 aromatic carbocycles. The Kier molecular flexibility index (Phi) is 4.56. The van der Waals surface area contributed by atoms with Crippen LogP contribution in [-0.2, 0) is 6.42 Å². The van der Waals surface area contributed by atoms with E-state index in [9.17, 15) is 0 Å². The van der Waals surface area contributed by atoms with E-state index in [0.29, 0.717) is 11.0 Å². The monoisotopic (exact) mass is 290 g/mol. The molecule has 0 aliphatic heterocycles. The van der Waals surface area contributed by atoms with Crippen LogP contribution in [0.1, 0.15) is 17.4 Å². The highest BCUT2D eigenvalue weighted by Gasteiger charge is 2.11. The first-order valence-corrected chi connectivity index (χ1v) is 7.52. The lowest BCUT2D eigenvalue weighted by Gasteiger charge is -2.27. The van der Waals surface area contributed by atoms with Crippen molar-refractivity contribution in [3.05, 3.63) is 52.2 Å². The molecule has 2 rings (SSSR count). The van der Waals surface area contributed by atoms with Crippen LogP contribution in [0.4, 0.5) is 5.69 Å². The number of rotatable bonds is 5. The fraction of sp³-hybridized carbons (Fsp3) is 0.267. The van der Waals surface area contributed by atoms with Crippen LogP contribution < -0.4 is 10.6 Å². The van der Waals surface area contributed by atoms with Crippen LogP contribution in [0.15, 0.2) is 41.8 Å². The second kappa shape index (κ2) is 6.17. The largest absolute Gasteiger partial charge is 0.389 e. The summed E-state index contributed by atoms with van der Waals surface area (Å²) in [5.41, 5.74) is 7.71. The number of thiocarbonyl (C=S) groups is 1. The molecule has 0 saturated carbocycles. The van der Waals surface area contributed by atoms with E-state index in [1.807, 2.05) is 23.5 Å². The minimum absolute atomic E-state index is 0.445. The van der Waals surface area contributed by atoms with Gasteiger partial charge >= 0.3 is 0 Å². The molecule has 2 N–H and O–H groups in total. The fourth-order valence-electron chi connectivity index (χ4n) is 1.97. The first-order valence-electron chi connectivity index (χ1n) is 6.23. The van der Waals surface area contributed by atoms with E-state index in [4.69, 9.17) is 18.0 Å². The minimum Gasteiger partial charge on any atom is -0.389 e. The molecule has 100 valence electrons. The van der Waals surface area contributed by atoms with Crippen LogP contribution in [0, 0.1) is 0 Å². The molecule has 0 saturated heterocycles. The Bertz CT molecular complexity index is 532. The molecule has 2 nitrogen and oxygen atoms in total. The SMILES string of the molecule is CC(Cc1cccs1)N(C)c1ccc(C(N)=S)cc1. The lowest BCUT2D eigenvalue weighted by Crippen LogP contribution is -2.30. The van der Waals surface area contributed by atoms with E-state index < -0.39 is 0 Å². The Morgan fingerprint density at radius 3 is 2.53 bits per heavy atom. The van der Waals surface area contributed by atoms with Gasteiger partial charge in [0.1, 0.15) is 4.99 Å². The summed E-state index contributed by atoms with van der Waals surface area (Å²) < 4.78 is 0. The van der Waals surface area contributed by atoms with Crippen LogP contribution in [-0.4, -0.2) is 18.1 Å². The van der Waals surface area contributed by atoms with Crippen molar-refractivity contribution in [3.63, 3.8) is 0 Å². The van der Waals surface area contributed by atoms with Gasteiger partial charge in [-0.15, -0.1) is 11.3 Å². The lowest BCUT2D eigenvalue weighted by atomic mass is 10.1. The molecular formula is C15H18N2S2. The second-order valence-corrected chi connectivity index (χ2v) is 6.13. The Balaban J connectivity index is 2.06. The van der Waals surface area contributed by atoms with Crippen molar-refractivity contribution in [1.29, 1.82) is 0 Å². The third-order valence-electron chi connectivity index (χ3n) is 3.30. The Morgan fingerprint density at radius 2 is 2.00 bits per heavy atom. The number of hydrogen-bond acceptors (Lipinski definition) is 3. The molecule has 1 atom stereocenters. The molecule has 4 heteroatoms. The van der Waals surface area contributed by atoms with Gasteiger partial charge in [0.2, 0.25) is 0 Å². The molecule has 19 heavy (non-hydrogen) atoms. The molecular weight excluding hydrogens is 272 g/mol. The van der Waals surface area contributed by atoms with Gasteiger partial charge in [0.25, 0.3) is 0 Å². The topological polar surface area (TPSA) is 29.3 Å². The Labute approximate surface area is 123 Å². The van der Waals surface area contributed by atoms with E-state index in [1.54, 1.807) is 0 Å². The summed E-state index contributed by atoms with van der Waals surface area (Å²) >= 11 is 6.77. The molecule has 0 aliphatic rings. The zero-order valence-corrected chi connectivity index (χ0v) is 12.8. The maximum Gasteiger partial charge on any atom is 0.103 e. The van der Waals surface area contributed by atoms with E-state index >= 15 is 0 Å². The number of benzene rings is 1. The summed E-state index contributed by atoms with van der Waals surface area (Å²) in [5, 5.41) is 2.12. The molecule has 1 aromatic heterocycles. The number of likely N-dealkylation sites (N-methyl/N-ethyl adjacent to an activating group) is 1. The van der Waals surface area contributed by atoms with Crippen molar-refractivity contribution in [2.45, 2.75) is 19.4 Å². The highest BCUT2D eigenvalue weighted by atomic mass is 32.1. The van der Waals surface area contributed by atoms with Crippen LogP contribution >= 0.6 is 23.6 Å². The van der Waals surface area contributed by atoms with E-state index in [0.717, 1.165) is 12.0 Å². The van der Waals surface area contributed by atoms with E-state index in [2.05, 4.69) is 48.5 Å². The highest BCUT2D eigenvalue weighted by molar-refractivity contribution is 7.80. The molecule has 0 fully saturated rings. The highest BCUT2D eigenvalue weighted by Crippen LogP contribution is 2.20. The summed E-state index contributed by atoms with van der Waals surface area (Å²) in [6.45, 7) is 2.24. The number of hydrogen-bond donors (Lipinski definition) is 1. The van der Waals surface area contributed by atoms with Crippen LogP contribution in [0.25, 0.3) is 0 Å². The maximum absolute atomic E-state index is 5.61. The molecule has 1 heterocycles. The number of thiophene rings is 1. The molecule has 1 unspecified atom stereocenters. The van der Waals surface area contributed by atoms with E-state index in [1.165, 1.54) is 10.6 Å². The van der Waals surface area contributed by atoms with Gasteiger partial charge in [-0.05, 0) is 42.6 Å². The smallest absolute Gasteiger partial charge is 0.103 e. The number of nitrogens with zero attached hydrogens (tertiary/aromatic N) is 1. The lowest BCUT2D eigenvalue weighted by molar-refractivity contribution is 0.688. The molecule has 0 aliphatic carbocycles. The quantitative estimate of drug-likeness (QED) is 0.855. The predicted octanol–water partition coefficient (Wildman–Crippen LogP) is 3.45. The summed E-state index contributed by atoms with van der Waals surface area (Å²) in [4.78, 5) is 4.14. The summed E-state index contributed by atoms with van der Waals surface area (Å²) in [6.07, 6.45) is 1.06. The van der Waals surface area contributed by atoms with Gasteiger partial charge in [-0.2, -0.15) is 0 Å². The zero-order chi connectivity index (χ0) is 13.8. The summed E-state index contributed by atoms with van der Waals surface area (Å²) in [7, 11) is 2.12. The second-order valence-electron chi connectivity index (χ2n) is 4.65.